The number of hydrogen-bond donors (Lipinski definition) is 2. The summed E-state index contributed by atoms with van der Waals surface area (Å²) in [5.74, 6) is 0.278. The minimum Gasteiger partial charge on any atom is -0.326 e. The summed E-state index contributed by atoms with van der Waals surface area (Å²) >= 11 is 12.9. The van der Waals surface area contributed by atoms with E-state index in [9.17, 15) is 13.2 Å². The Morgan fingerprint density at radius 2 is 1.58 bits per heavy atom. The summed E-state index contributed by atoms with van der Waals surface area (Å²) in [7, 11) is -3.96. The lowest BCUT2D eigenvalue weighted by atomic mass is 10.0. The fourth-order valence-corrected chi connectivity index (χ4v) is 8.85. The normalized spacial score (nSPS) is 11.7. The molecular formula is C49H34Cl2N11O3S+. The van der Waals surface area contributed by atoms with Crippen molar-refractivity contribution in [3.8, 4) is 28.3 Å². The van der Waals surface area contributed by atoms with Crippen LogP contribution >= 0.6 is 23.2 Å². The van der Waals surface area contributed by atoms with Crippen molar-refractivity contribution in [3.05, 3.63) is 185 Å². The van der Waals surface area contributed by atoms with Gasteiger partial charge in [0.15, 0.2) is 5.82 Å². The first-order valence-corrected chi connectivity index (χ1v) is 22.6. The highest BCUT2D eigenvalue weighted by Crippen LogP contribution is 2.32. The number of halogens is 2. The highest BCUT2D eigenvalue weighted by Gasteiger charge is 2.28. The first-order valence-electron chi connectivity index (χ1n) is 20.4. The molecule has 0 atom stereocenters. The molecule has 0 aliphatic carbocycles. The summed E-state index contributed by atoms with van der Waals surface area (Å²) in [5.41, 5.74) is 8.03. The molecule has 0 saturated heterocycles. The van der Waals surface area contributed by atoms with E-state index >= 15 is 0 Å². The molecule has 0 bridgehead atoms. The topological polar surface area (TPSA) is 173 Å². The van der Waals surface area contributed by atoms with Crippen molar-refractivity contribution >= 4 is 90.1 Å². The summed E-state index contributed by atoms with van der Waals surface area (Å²) in [4.78, 5) is 30.6. The minimum absolute atomic E-state index is 0.0137. The number of rotatable bonds is 11. The fraction of sp³-hybridized carbons (Fsp3) is 0.0408. The first kappa shape index (κ1) is 42.0. The third kappa shape index (κ3) is 8.53. The first-order chi connectivity index (χ1) is 32.1. The van der Waals surface area contributed by atoms with Crippen LogP contribution in [0.15, 0.2) is 168 Å². The fourth-order valence-electron chi connectivity index (χ4n) is 7.61. The van der Waals surface area contributed by atoms with Crippen LogP contribution in [0, 0.1) is 6.92 Å². The zero-order valence-electron chi connectivity index (χ0n) is 34.7. The highest BCUT2D eigenvalue weighted by molar-refractivity contribution is 7.92. The monoisotopic (exact) mass is 926 g/mol. The summed E-state index contributed by atoms with van der Waals surface area (Å²) in [6.45, 7) is 1.75. The SMILES string of the molecule is Cc1ccnc(NS(=O)(=O)c2ccc(/N=C\c3c4ccccc4[n+](-c4cc(-c5cccc(NC(=O)Cc6ccc(Cl)cc6)c5)nn5c(-c6cccnc6)nnc45)c4cc(Cl)ccc34)cc2)n1. The molecule has 10 rings (SSSR count). The number of carbonyl (C=O) groups is 1. The number of aromatic nitrogens is 8. The van der Waals surface area contributed by atoms with Crippen LogP contribution in [0.3, 0.4) is 0 Å². The van der Waals surface area contributed by atoms with Gasteiger partial charge in [-0.05, 0) is 97.4 Å². The molecule has 66 heavy (non-hydrogen) atoms. The van der Waals surface area contributed by atoms with Gasteiger partial charge in [-0.25, -0.2) is 23.1 Å². The third-order valence-corrected chi connectivity index (χ3v) is 12.5. The summed E-state index contributed by atoms with van der Waals surface area (Å²) in [6, 6.07) is 41.8. The Hall–Kier alpha value is -7.98. The quantitative estimate of drug-likeness (QED) is 0.0728. The maximum atomic E-state index is 13.2. The second-order valence-electron chi connectivity index (χ2n) is 15.2. The number of nitrogens with zero attached hydrogens (tertiary/aromatic N) is 9. The molecule has 0 radical (unpaired) electrons. The number of anilines is 2. The van der Waals surface area contributed by atoms with Gasteiger partial charge in [0.25, 0.3) is 21.4 Å². The highest BCUT2D eigenvalue weighted by atomic mass is 35.5. The molecule has 10 aromatic rings. The molecule has 0 saturated carbocycles. The smallest absolute Gasteiger partial charge is 0.264 e. The van der Waals surface area contributed by atoms with E-state index in [-0.39, 0.29) is 23.2 Å². The lowest BCUT2D eigenvalue weighted by Crippen LogP contribution is -2.34. The van der Waals surface area contributed by atoms with E-state index in [1.165, 1.54) is 18.3 Å². The molecular weight excluding hydrogens is 894 g/mol. The minimum atomic E-state index is -3.96. The van der Waals surface area contributed by atoms with Crippen molar-refractivity contribution < 1.29 is 17.8 Å². The summed E-state index contributed by atoms with van der Waals surface area (Å²) in [6.07, 6.45) is 6.82. The molecule has 5 heterocycles. The standard InChI is InChI=1S/C49H33Cl2N11O3S/c1-30-21-23-53-49(55-30)60-66(64,65)38-18-16-36(17-19-38)54-29-41-39-9-2-3-10-43(39)61(44-26-35(51)15-20-40(41)44)45-27-42(59-62-47(57-58-48(45)62)33-7-5-22-52-28-33)32-6-4-8-37(25-32)56-46(63)24-31-11-13-34(50)14-12-31/h2-23,25-29H,24H2,1H3,(H-,53,55,56,60,63)/p+1/b54-29-. The van der Waals surface area contributed by atoms with Crippen LogP contribution in [-0.4, -0.2) is 55.3 Å². The number of aryl methyl sites for hydroxylation is 1. The van der Waals surface area contributed by atoms with Gasteiger partial charge in [-0.2, -0.15) is 9.61 Å². The van der Waals surface area contributed by atoms with Crippen LogP contribution in [0.5, 0.6) is 0 Å². The predicted molar refractivity (Wildman–Crippen MR) is 256 cm³/mol. The summed E-state index contributed by atoms with van der Waals surface area (Å²) in [5, 5.41) is 20.2. The molecule has 0 spiro atoms. The Bertz CT molecular complexity index is 3650. The largest absolute Gasteiger partial charge is 0.326 e. The lowest BCUT2D eigenvalue weighted by Gasteiger charge is -2.12. The number of sulfonamides is 1. The summed E-state index contributed by atoms with van der Waals surface area (Å²) < 4.78 is 32.6. The number of aliphatic imine (C=N–C) groups is 1. The second-order valence-corrected chi connectivity index (χ2v) is 17.7. The molecule has 0 unspecified atom stereocenters. The molecule has 0 aliphatic heterocycles. The number of para-hydroxylation sites is 1. The Kier molecular flexibility index (Phi) is 11.2. The van der Waals surface area contributed by atoms with Crippen molar-refractivity contribution in [1.82, 2.24) is 34.8 Å². The zero-order valence-corrected chi connectivity index (χ0v) is 37.0. The number of hydrogen-bond acceptors (Lipinski definition) is 10. The molecule has 0 fully saturated rings. The van der Waals surface area contributed by atoms with Crippen LogP contribution in [0.1, 0.15) is 16.8 Å². The van der Waals surface area contributed by atoms with Crippen molar-refractivity contribution in [2.24, 2.45) is 4.99 Å². The maximum absolute atomic E-state index is 13.2. The Labute approximate surface area is 387 Å². The van der Waals surface area contributed by atoms with Gasteiger partial charge in [0.05, 0.1) is 33.5 Å². The number of fused-ring (bicyclic) bond motifs is 3. The number of amides is 1. The average molecular weight is 928 g/mol. The Balaban J connectivity index is 1.08. The van der Waals surface area contributed by atoms with Crippen LogP contribution < -0.4 is 14.6 Å². The molecule has 322 valence electrons. The van der Waals surface area contributed by atoms with Crippen molar-refractivity contribution in [2.75, 3.05) is 10.0 Å². The van der Waals surface area contributed by atoms with Crippen LogP contribution in [0.2, 0.25) is 10.0 Å². The van der Waals surface area contributed by atoms with Crippen molar-refractivity contribution in [3.63, 3.8) is 0 Å². The molecule has 0 aliphatic rings. The average Bonchev–Trinajstić information content (AvgIpc) is 3.76. The van der Waals surface area contributed by atoms with Crippen LogP contribution in [0.25, 0.3) is 55.8 Å². The van der Waals surface area contributed by atoms with E-state index in [1.807, 2.05) is 97.1 Å². The van der Waals surface area contributed by atoms with Gasteiger partial charge in [-0.15, -0.1) is 14.8 Å². The van der Waals surface area contributed by atoms with E-state index in [2.05, 4.69) is 34.7 Å². The van der Waals surface area contributed by atoms with Gasteiger partial charge in [-0.1, -0.05) is 59.6 Å². The molecule has 5 aromatic carbocycles. The van der Waals surface area contributed by atoms with Crippen LogP contribution in [0.4, 0.5) is 17.3 Å². The predicted octanol–water partition coefficient (Wildman–Crippen LogP) is 9.57. The van der Waals surface area contributed by atoms with Gasteiger partial charge < -0.3 is 5.32 Å². The molecule has 17 heteroatoms. The molecule has 1 amide bonds. The maximum Gasteiger partial charge on any atom is 0.264 e. The lowest BCUT2D eigenvalue weighted by molar-refractivity contribution is -0.536. The third-order valence-electron chi connectivity index (χ3n) is 10.7. The van der Waals surface area contributed by atoms with E-state index in [0.29, 0.717) is 55.5 Å². The molecule has 2 N–H and O–H groups in total. The van der Waals surface area contributed by atoms with Crippen LogP contribution in [-0.2, 0) is 21.2 Å². The number of carbonyl (C=O) groups excluding carboxylic acids is 1. The zero-order chi connectivity index (χ0) is 45.4. The van der Waals surface area contributed by atoms with Crippen molar-refractivity contribution in [2.45, 2.75) is 18.2 Å². The Morgan fingerprint density at radius 1 is 0.788 bits per heavy atom. The van der Waals surface area contributed by atoms with Gasteiger partial charge in [0, 0.05) is 81.1 Å². The second kappa shape index (κ2) is 17.5. The number of pyridine rings is 2. The van der Waals surface area contributed by atoms with Gasteiger partial charge in [-0.3, -0.25) is 14.8 Å². The van der Waals surface area contributed by atoms with E-state index in [1.54, 1.807) is 60.4 Å². The number of nitrogens with one attached hydrogen (secondary N) is 2. The van der Waals surface area contributed by atoms with E-state index in [4.69, 9.17) is 38.4 Å². The molecule has 14 nitrogen and oxygen atoms in total. The van der Waals surface area contributed by atoms with Crippen molar-refractivity contribution in [1.29, 1.82) is 0 Å². The van der Waals surface area contributed by atoms with Gasteiger partial charge in [0.2, 0.25) is 22.9 Å². The van der Waals surface area contributed by atoms with Gasteiger partial charge >= 0.3 is 0 Å². The number of benzene rings is 5. The Morgan fingerprint density at radius 3 is 2.38 bits per heavy atom. The van der Waals surface area contributed by atoms with E-state index < -0.39 is 10.0 Å². The van der Waals surface area contributed by atoms with Gasteiger partial charge in [0.1, 0.15) is 0 Å². The van der Waals surface area contributed by atoms with E-state index in [0.717, 1.165) is 38.5 Å². The molecule has 5 aromatic heterocycles.